The van der Waals surface area contributed by atoms with Crippen molar-refractivity contribution >= 4 is 17.4 Å². The minimum absolute atomic E-state index is 0.292. The Morgan fingerprint density at radius 3 is 2.90 bits per heavy atom. The summed E-state index contributed by atoms with van der Waals surface area (Å²) in [6.45, 7) is 0.615. The molecule has 0 unspecified atom stereocenters. The monoisotopic (exact) mass is 286 g/mol. The summed E-state index contributed by atoms with van der Waals surface area (Å²) < 4.78 is 5.18. The molecule has 5 N–H and O–H groups in total. The average Bonchev–Trinajstić information content (AvgIpc) is 2.48. The quantitative estimate of drug-likeness (QED) is 0.745. The number of anilines is 2. The Balaban J connectivity index is 2.01. The molecule has 0 aliphatic heterocycles. The predicted molar refractivity (Wildman–Crippen MR) is 82.4 cm³/mol. The molecule has 0 radical (unpaired) electrons. The zero-order valence-electron chi connectivity index (χ0n) is 11.8. The first kappa shape index (κ1) is 14.6. The molecular weight excluding hydrogens is 268 g/mol. The molecule has 0 aliphatic rings. The number of nitrogens with zero attached hydrogens (tertiary/aromatic N) is 1. The first-order valence-corrected chi connectivity index (χ1v) is 6.52. The van der Waals surface area contributed by atoms with Crippen LogP contribution in [0.5, 0.6) is 5.75 Å². The number of primary amides is 1. The van der Waals surface area contributed by atoms with Crippen LogP contribution in [0.15, 0.2) is 36.5 Å². The Hall–Kier alpha value is -2.76. The van der Waals surface area contributed by atoms with Gasteiger partial charge in [-0.15, -0.1) is 0 Å². The van der Waals surface area contributed by atoms with Crippen molar-refractivity contribution in [3.05, 3.63) is 47.7 Å². The Labute approximate surface area is 123 Å². The van der Waals surface area contributed by atoms with Gasteiger partial charge in [0.1, 0.15) is 11.6 Å². The predicted octanol–water partition coefficient (Wildman–Crippen LogP) is 1.43. The minimum Gasteiger partial charge on any atom is -0.497 e. The molecule has 0 spiro atoms. The molecule has 21 heavy (non-hydrogen) atoms. The van der Waals surface area contributed by atoms with Crippen LogP contribution in [-0.2, 0) is 6.42 Å². The van der Waals surface area contributed by atoms with Gasteiger partial charge in [0.25, 0.3) is 5.91 Å². The number of hydrogen-bond donors (Lipinski definition) is 3. The van der Waals surface area contributed by atoms with Crippen molar-refractivity contribution in [3.63, 3.8) is 0 Å². The van der Waals surface area contributed by atoms with Crippen LogP contribution in [0.25, 0.3) is 0 Å². The highest BCUT2D eigenvalue weighted by molar-refractivity contribution is 5.98. The van der Waals surface area contributed by atoms with Gasteiger partial charge in [-0.2, -0.15) is 0 Å². The highest BCUT2D eigenvalue weighted by Crippen LogP contribution is 2.16. The fraction of sp³-hybridized carbons (Fsp3) is 0.200. The molecule has 0 saturated carbocycles. The molecule has 0 atom stereocenters. The van der Waals surface area contributed by atoms with Gasteiger partial charge in [0.05, 0.1) is 24.6 Å². The number of methoxy groups -OCH3 is 1. The summed E-state index contributed by atoms with van der Waals surface area (Å²) >= 11 is 0. The number of ether oxygens (including phenoxy) is 1. The van der Waals surface area contributed by atoms with E-state index in [9.17, 15) is 4.79 Å². The number of hydrogen-bond acceptors (Lipinski definition) is 5. The first-order chi connectivity index (χ1) is 10.1. The Bertz CT molecular complexity index is 643. The first-order valence-electron chi connectivity index (χ1n) is 6.52. The van der Waals surface area contributed by atoms with Crippen molar-refractivity contribution in [1.29, 1.82) is 0 Å². The van der Waals surface area contributed by atoms with Crippen LogP contribution in [0.1, 0.15) is 15.9 Å². The zero-order valence-corrected chi connectivity index (χ0v) is 11.8. The standard InChI is InChI=1S/C15H18N4O2/c1-21-12-4-2-3-10(7-12)5-6-18-15-13(14(17)20)8-11(16)9-19-15/h2-4,7-9H,5-6,16H2,1H3,(H2,17,20)(H,18,19). The zero-order chi connectivity index (χ0) is 15.2. The van der Waals surface area contributed by atoms with E-state index in [1.807, 2.05) is 24.3 Å². The lowest BCUT2D eigenvalue weighted by atomic mass is 10.1. The summed E-state index contributed by atoms with van der Waals surface area (Å²) in [6, 6.07) is 9.32. The molecule has 1 heterocycles. The summed E-state index contributed by atoms with van der Waals surface area (Å²) in [5.41, 5.74) is 12.7. The number of nitrogens with one attached hydrogen (secondary N) is 1. The van der Waals surface area contributed by atoms with Gasteiger partial charge in [0.2, 0.25) is 0 Å². The van der Waals surface area contributed by atoms with Gasteiger partial charge in [-0.3, -0.25) is 4.79 Å². The maximum Gasteiger partial charge on any atom is 0.252 e. The van der Waals surface area contributed by atoms with E-state index in [1.54, 1.807) is 7.11 Å². The summed E-state index contributed by atoms with van der Waals surface area (Å²) in [4.78, 5) is 15.5. The normalized spacial score (nSPS) is 10.1. The number of aromatic nitrogens is 1. The molecule has 110 valence electrons. The van der Waals surface area contributed by atoms with Crippen LogP contribution in [-0.4, -0.2) is 24.5 Å². The van der Waals surface area contributed by atoms with Crippen LogP contribution in [0.4, 0.5) is 11.5 Å². The molecular formula is C15H18N4O2. The second-order valence-electron chi connectivity index (χ2n) is 4.56. The van der Waals surface area contributed by atoms with Crippen LogP contribution in [0, 0.1) is 0 Å². The Kier molecular flexibility index (Phi) is 4.61. The molecule has 0 fully saturated rings. The van der Waals surface area contributed by atoms with E-state index in [0.717, 1.165) is 17.7 Å². The molecule has 1 amide bonds. The van der Waals surface area contributed by atoms with E-state index in [0.29, 0.717) is 23.6 Å². The Morgan fingerprint density at radius 1 is 1.38 bits per heavy atom. The highest BCUT2D eigenvalue weighted by atomic mass is 16.5. The van der Waals surface area contributed by atoms with E-state index in [4.69, 9.17) is 16.2 Å². The van der Waals surface area contributed by atoms with Gasteiger partial charge in [0.15, 0.2) is 0 Å². The van der Waals surface area contributed by atoms with E-state index >= 15 is 0 Å². The van der Waals surface area contributed by atoms with E-state index in [2.05, 4.69) is 10.3 Å². The average molecular weight is 286 g/mol. The Morgan fingerprint density at radius 2 is 2.19 bits per heavy atom. The van der Waals surface area contributed by atoms with Crippen molar-refractivity contribution in [3.8, 4) is 5.75 Å². The lowest BCUT2D eigenvalue weighted by molar-refractivity contribution is 0.100. The number of rotatable bonds is 6. The maximum atomic E-state index is 11.4. The summed E-state index contributed by atoms with van der Waals surface area (Å²) in [5, 5.41) is 3.10. The van der Waals surface area contributed by atoms with Crippen LogP contribution in [0.3, 0.4) is 0 Å². The minimum atomic E-state index is -0.557. The highest BCUT2D eigenvalue weighted by Gasteiger charge is 2.09. The van der Waals surface area contributed by atoms with Gasteiger partial charge in [0, 0.05) is 6.54 Å². The van der Waals surface area contributed by atoms with E-state index < -0.39 is 5.91 Å². The molecule has 6 heteroatoms. The molecule has 2 aromatic rings. The SMILES string of the molecule is COc1cccc(CCNc2ncc(N)cc2C(N)=O)c1. The third-order valence-corrected chi connectivity index (χ3v) is 3.01. The second kappa shape index (κ2) is 6.60. The fourth-order valence-electron chi connectivity index (χ4n) is 1.96. The number of benzene rings is 1. The topological polar surface area (TPSA) is 103 Å². The molecule has 2 rings (SSSR count). The molecule has 0 saturated heterocycles. The number of pyridine rings is 1. The lowest BCUT2D eigenvalue weighted by Gasteiger charge is -2.10. The molecule has 0 aliphatic carbocycles. The van der Waals surface area contributed by atoms with Gasteiger partial charge in [-0.05, 0) is 30.2 Å². The maximum absolute atomic E-state index is 11.4. The van der Waals surface area contributed by atoms with E-state index in [-0.39, 0.29) is 0 Å². The van der Waals surface area contributed by atoms with Crippen molar-refractivity contribution < 1.29 is 9.53 Å². The van der Waals surface area contributed by atoms with Crippen molar-refractivity contribution in [2.45, 2.75) is 6.42 Å². The van der Waals surface area contributed by atoms with Crippen molar-refractivity contribution in [2.24, 2.45) is 5.73 Å². The van der Waals surface area contributed by atoms with Crippen molar-refractivity contribution in [2.75, 3.05) is 24.7 Å². The van der Waals surface area contributed by atoms with Gasteiger partial charge < -0.3 is 21.5 Å². The van der Waals surface area contributed by atoms with Crippen LogP contribution >= 0.6 is 0 Å². The molecule has 6 nitrogen and oxygen atoms in total. The molecule has 1 aromatic heterocycles. The molecule has 0 bridgehead atoms. The summed E-state index contributed by atoms with van der Waals surface area (Å²) in [6.07, 6.45) is 2.25. The number of carbonyl (C=O) groups is 1. The summed E-state index contributed by atoms with van der Waals surface area (Å²) in [7, 11) is 1.63. The smallest absolute Gasteiger partial charge is 0.252 e. The van der Waals surface area contributed by atoms with Crippen molar-refractivity contribution in [1.82, 2.24) is 4.98 Å². The summed E-state index contributed by atoms with van der Waals surface area (Å²) in [5.74, 6) is 0.703. The lowest BCUT2D eigenvalue weighted by Crippen LogP contribution is -2.17. The number of carbonyl (C=O) groups excluding carboxylic acids is 1. The second-order valence-corrected chi connectivity index (χ2v) is 4.56. The van der Waals surface area contributed by atoms with Gasteiger partial charge in [-0.25, -0.2) is 4.98 Å². The molecule has 1 aromatic carbocycles. The largest absolute Gasteiger partial charge is 0.497 e. The number of nitrogens with two attached hydrogens (primary N) is 2. The van der Waals surface area contributed by atoms with Crippen LogP contribution in [0.2, 0.25) is 0 Å². The number of nitrogen functional groups attached to an aromatic ring is 1. The third-order valence-electron chi connectivity index (χ3n) is 3.01. The van der Waals surface area contributed by atoms with Gasteiger partial charge in [-0.1, -0.05) is 12.1 Å². The third kappa shape index (κ3) is 3.85. The number of amides is 1. The van der Waals surface area contributed by atoms with Crippen LogP contribution < -0.4 is 21.5 Å². The van der Waals surface area contributed by atoms with E-state index in [1.165, 1.54) is 12.3 Å². The van der Waals surface area contributed by atoms with Gasteiger partial charge >= 0.3 is 0 Å². The fourth-order valence-corrected chi connectivity index (χ4v) is 1.96.